The zero-order chi connectivity index (χ0) is 13.4. The number of amides is 1. The molecule has 0 spiro atoms. The maximum Gasteiger partial charge on any atom is 0.234 e. The molecular weight excluding hydrogens is 250 g/mol. The molecule has 0 saturated carbocycles. The minimum absolute atomic E-state index is 0.0750. The molecule has 1 amide bonds. The van der Waals surface area contributed by atoms with E-state index in [-0.39, 0.29) is 11.2 Å². The van der Waals surface area contributed by atoms with Gasteiger partial charge in [-0.3, -0.25) is 13.9 Å². The number of carbonyl (C=O) groups excluding carboxylic acids is 1. The fourth-order valence-corrected chi connectivity index (χ4v) is 2.35. The van der Waals surface area contributed by atoms with Crippen LogP contribution in [0.4, 0.5) is 0 Å². The first-order valence-electron chi connectivity index (χ1n) is 6.61. The van der Waals surface area contributed by atoms with Gasteiger partial charge in [0.15, 0.2) is 0 Å². The van der Waals surface area contributed by atoms with Crippen LogP contribution in [-0.4, -0.2) is 65.8 Å². The number of hydrogen-bond donors (Lipinski definition) is 2. The SMILES string of the molecule is CC(CCNC(=O)CN1CCCNCC1)S(C)=O. The van der Waals surface area contributed by atoms with Crippen molar-refractivity contribution in [1.82, 2.24) is 15.5 Å². The van der Waals surface area contributed by atoms with Gasteiger partial charge in [-0.15, -0.1) is 0 Å². The van der Waals surface area contributed by atoms with Crippen molar-refractivity contribution in [2.75, 3.05) is 45.5 Å². The van der Waals surface area contributed by atoms with Crippen molar-refractivity contribution in [2.45, 2.75) is 25.0 Å². The van der Waals surface area contributed by atoms with Crippen LogP contribution >= 0.6 is 0 Å². The number of nitrogens with zero attached hydrogens (tertiary/aromatic N) is 1. The molecule has 1 heterocycles. The second-order valence-corrected chi connectivity index (χ2v) is 6.63. The summed E-state index contributed by atoms with van der Waals surface area (Å²) in [6, 6.07) is 0. The summed E-state index contributed by atoms with van der Waals surface area (Å²) >= 11 is 0. The average molecular weight is 275 g/mol. The Balaban J connectivity index is 2.14. The van der Waals surface area contributed by atoms with Crippen molar-refractivity contribution in [3.05, 3.63) is 0 Å². The third-order valence-corrected chi connectivity index (χ3v) is 4.61. The lowest BCUT2D eigenvalue weighted by Crippen LogP contribution is -2.39. The molecule has 1 aliphatic heterocycles. The van der Waals surface area contributed by atoms with Crippen molar-refractivity contribution >= 4 is 16.7 Å². The second-order valence-electron chi connectivity index (χ2n) is 4.83. The first-order chi connectivity index (χ1) is 8.59. The summed E-state index contributed by atoms with van der Waals surface area (Å²) in [5.74, 6) is 0.0750. The van der Waals surface area contributed by atoms with Gasteiger partial charge in [0.2, 0.25) is 5.91 Å². The quantitative estimate of drug-likeness (QED) is 0.690. The minimum Gasteiger partial charge on any atom is -0.355 e. The van der Waals surface area contributed by atoms with Gasteiger partial charge in [0, 0.05) is 41.9 Å². The molecule has 2 atom stereocenters. The molecule has 0 aromatic rings. The van der Waals surface area contributed by atoms with Crippen LogP contribution in [0, 0.1) is 0 Å². The predicted molar refractivity (Wildman–Crippen MR) is 75.1 cm³/mol. The molecule has 0 aromatic heterocycles. The van der Waals surface area contributed by atoms with E-state index in [9.17, 15) is 9.00 Å². The maximum atomic E-state index is 11.7. The summed E-state index contributed by atoms with van der Waals surface area (Å²) in [5, 5.41) is 6.36. The molecule has 2 unspecified atom stereocenters. The van der Waals surface area contributed by atoms with Crippen LogP contribution in [-0.2, 0) is 15.6 Å². The van der Waals surface area contributed by atoms with Crippen molar-refractivity contribution < 1.29 is 9.00 Å². The molecular formula is C12H25N3O2S. The van der Waals surface area contributed by atoms with Gasteiger partial charge in [0.05, 0.1) is 6.54 Å². The molecule has 2 N–H and O–H groups in total. The Morgan fingerprint density at radius 1 is 1.44 bits per heavy atom. The standard InChI is InChI=1S/C12H25N3O2S/c1-11(18(2)17)4-6-14-12(16)10-15-8-3-5-13-7-9-15/h11,13H,3-10H2,1-2H3,(H,14,16). The highest BCUT2D eigenvalue weighted by Gasteiger charge is 2.13. The zero-order valence-electron chi connectivity index (χ0n) is 11.4. The third kappa shape index (κ3) is 6.47. The monoisotopic (exact) mass is 275 g/mol. The summed E-state index contributed by atoms with van der Waals surface area (Å²) in [6.07, 6.45) is 3.58. The molecule has 1 aliphatic rings. The lowest BCUT2D eigenvalue weighted by atomic mass is 10.3. The number of rotatable bonds is 6. The third-order valence-electron chi connectivity index (χ3n) is 3.24. The summed E-state index contributed by atoms with van der Waals surface area (Å²) < 4.78 is 11.2. The Labute approximate surface area is 112 Å². The number of hydrogen-bond acceptors (Lipinski definition) is 4. The first-order valence-corrected chi connectivity index (χ1v) is 8.23. The maximum absolute atomic E-state index is 11.7. The summed E-state index contributed by atoms with van der Waals surface area (Å²) in [4.78, 5) is 13.9. The van der Waals surface area contributed by atoms with Gasteiger partial charge in [-0.2, -0.15) is 0 Å². The molecule has 0 aliphatic carbocycles. The summed E-state index contributed by atoms with van der Waals surface area (Å²) in [6.45, 7) is 6.95. The highest BCUT2D eigenvalue weighted by Crippen LogP contribution is 1.98. The normalized spacial score (nSPS) is 21.0. The van der Waals surface area contributed by atoms with Gasteiger partial charge < -0.3 is 10.6 Å². The molecule has 1 saturated heterocycles. The van der Waals surface area contributed by atoms with Crippen molar-refractivity contribution in [3.63, 3.8) is 0 Å². The smallest absolute Gasteiger partial charge is 0.234 e. The Morgan fingerprint density at radius 3 is 2.94 bits per heavy atom. The number of nitrogens with one attached hydrogen (secondary N) is 2. The van der Waals surface area contributed by atoms with E-state index in [1.807, 2.05) is 6.92 Å². The fourth-order valence-electron chi connectivity index (χ4n) is 1.90. The molecule has 0 bridgehead atoms. The van der Waals surface area contributed by atoms with E-state index >= 15 is 0 Å². The summed E-state index contributed by atoms with van der Waals surface area (Å²) in [7, 11) is -0.804. The largest absolute Gasteiger partial charge is 0.355 e. The van der Waals surface area contributed by atoms with Crippen LogP contribution < -0.4 is 10.6 Å². The lowest BCUT2D eigenvalue weighted by molar-refractivity contribution is -0.122. The Morgan fingerprint density at radius 2 is 2.22 bits per heavy atom. The van der Waals surface area contributed by atoms with Gasteiger partial charge >= 0.3 is 0 Å². The predicted octanol–water partition coefficient (Wildman–Crippen LogP) is -0.445. The van der Waals surface area contributed by atoms with E-state index < -0.39 is 10.8 Å². The van der Waals surface area contributed by atoms with Gasteiger partial charge in [0.25, 0.3) is 0 Å². The molecule has 1 rings (SSSR count). The van der Waals surface area contributed by atoms with E-state index in [4.69, 9.17) is 0 Å². The van der Waals surface area contributed by atoms with E-state index in [0.717, 1.165) is 39.0 Å². The van der Waals surface area contributed by atoms with E-state index in [0.29, 0.717) is 13.1 Å². The van der Waals surface area contributed by atoms with Gasteiger partial charge in [-0.05, 0) is 25.9 Å². The molecule has 6 heteroatoms. The fraction of sp³-hybridized carbons (Fsp3) is 0.917. The van der Waals surface area contributed by atoms with E-state index in [1.54, 1.807) is 6.26 Å². The topological polar surface area (TPSA) is 61.4 Å². The van der Waals surface area contributed by atoms with Crippen LogP contribution in [0.25, 0.3) is 0 Å². The zero-order valence-corrected chi connectivity index (χ0v) is 12.2. The lowest BCUT2D eigenvalue weighted by Gasteiger charge is -2.18. The van der Waals surface area contributed by atoms with Crippen molar-refractivity contribution in [1.29, 1.82) is 0 Å². The Hall–Kier alpha value is -0.460. The van der Waals surface area contributed by atoms with Crippen LogP contribution in [0.2, 0.25) is 0 Å². The van der Waals surface area contributed by atoms with Crippen molar-refractivity contribution in [2.24, 2.45) is 0 Å². The summed E-state index contributed by atoms with van der Waals surface area (Å²) in [5.41, 5.74) is 0. The van der Waals surface area contributed by atoms with Crippen LogP contribution in [0.15, 0.2) is 0 Å². The average Bonchev–Trinajstić information content (AvgIpc) is 2.57. The second kappa shape index (κ2) is 8.61. The van der Waals surface area contributed by atoms with Gasteiger partial charge in [-0.25, -0.2) is 0 Å². The van der Waals surface area contributed by atoms with Crippen LogP contribution in [0.3, 0.4) is 0 Å². The molecule has 1 fully saturated rings. The number of carbonyl (C=O) groups is 1. The molecule has 106 valence electrons. The van der Waals surface area contributed by atoms with E-state index in [1.165, 1.54) is 0 Å². The van der Waals surface area contributed by atoms with Crippen LogP contribution in [0.5, 0.6) is 0 Å². The first kappa shape index (κ1) is 15.6. The minimum atomic E-state index is -0.804. The van der Waals surface area contributed by atoms with Crippen LogP contribution in [0.1, 0.15) is 19.8 Å². The molecule has 5 nitrogen and oxygen atoms in total. The Kier molecular flexibility index (Phi) is 7.46. The highest BCUT2D eigenvalue weighted by molar-refractivity contribution is 7.84. The molecule has 0 aromatic carbocycles. The molecule has 18 heavy (non-hydrogen) atoms. The highest BCUT2D eigenvalue weighted by atomic mass is 32.2. The van der Waals surface area contributed by atoms with E-state index in [2.05, 4.69) is 15.5 Å². The van der Waals surface area contributed by atoms with Gasteiger partial charge in [-0.1, -0.05) is 6.92 Å². The Bertz CT molecular complexity index is 278. The van der Waals surface area contributed by atoms with Gasteiger partial charge in [0.1, 0.15) is 0 Å². The molecule has 0 radical (unpaired) electrons. The van der Waals surface area contributed by atoms with Crippen molar-refractivity contribution in [3.8, 4) is 0 Å².